The second-order valence-corrected chi connectivity index (χ2v) is 11.5. The normalized spacial score (nSPS) is 11.5. The quantitative estimate of drug-likeness (QED) is 0.103. The van der Waals surface area contributed by atoms with Crippen LogP contribution < -0.4 is 10.6 Å². The maximum atomic E-state index is 13.0. The molecule has 0 bridgehead atoms. The molecule has 0 aliphatic carbocycles. The van der Waals surface area contributed by atoms with Gasteiger partial charge in [-0.3, -0.25) is 9.59 Å². The molecule has 50 heavy (non-hydrogen) atoms. The molecule has 0 saturated carbocycles. The topological polar surface area (TPSA) is 89.4 Å². The van der Waals surface area contributed by atoms with Crippen LogP contribution in [-0.4, -0.2) is 59.5 Å². The summed E-state index contributed by atoms with van der Waals surface area (Å²) < 4.78 is 0. The first-order valence-corrected chi connectivity index (χ1v) is 17.1. The SMILES string of the molecule is CCN(CC)C(=Nc1ccc(NC(=O)c2ccc(C(=O)Nc3ccc(N=C(c4ccccc4)N(CC)CC)cc3)cc2)cc1)c1ccccc1. The van der Waals surface area contributed by atoms with E-state index in [-0.39, 0.29) is 11.8 Å². The number of benzene rings is 5. The van der Waals surface area contributed by atoms with Crippen molar-refractivity contribution in [1.82, 2.24) is 9.80 Å². The molecule has 0 unspecified atom stereocenters. The van der Waals surface area contributed by atoms with Crippen LogP contribution in [0.2, 0.25) is 0 Å². The number of hydrogen-bond donors (Lipinski definition) is 2. The lowest BCUT2D eigenvalue weighted by Gasteiger charge is -2.23. The summed E-state index contributed by atoms with van der Waals surface area (Å²) in [6.45, 7) is 11.8. The summed E-state index contributed by atoms with van der Waals surface area (Å²) in [7, 11) is 0. The zero-order chi connectivity index (χ0) is 35.3. The minimum Gasteiger partial charge on any atom is -0.357 e. The van der Waals surface area contributed by atoms with Crippen LogP contribution in [0.25, 0.3) is 0 Å². The molecule has 0 aliphatic rings. The average Bonchev–Trinajstić information content (AvgIpc) is 3.17. The Kier molecular flexibility index (Phi) is 12.3. The van der Waals surface area contributed by atoms with E-state index in [1.54, 1.807) is 24.3 Å². The number of nitrogens with zero attached hydrogens (tertiary/aromatic N) is 4. The van der Waals surface area contributed by atoms with E-state index in [1.807, 2.05) is 84.9 Å². The molecular weight excluding hydrogens is 621 g/mol. The van der Waals surface area contributed by atoms with Gasteiger partial charge in [-0.1, -0.05) is 60.7 Å². The van der Waals surface area contributed by atoms with Gasteiger partial charge in [-0.15, -0.1) is 0 Å². The van der Waals surface area contributed by atoms with Gasteiger partial charge in [0.1, 0.15) is 11.7 Å². The van der Waals surface area contributed by atoms with Crippen molar-refractivity contribution >= 4 is 46.2 Å². The van der Waals surface area contributed by atoms with Crippen molar-refractivity contribution < 1.29 is 9.59 Å². The molecule has 8 heteroatoms. The molecule has 5 rings (SSSR count). The fourth-order valence-electron chi connectivity index (χ4n) is 5.52. The fraction of sp³-hybridized carbons (Fsp3) is 0.190. The van der Waals surface area contributed by atoms with Crippen LogP contribution in [0.1, 0.15) is 59.5 Å². The number of amidine groups is 2. The summed E-state index contributed by atoms with van der Waals surface area (Å²) >= 11 is 0. The fourth-order valence-corrected chi connectivity index (χ4v) is 5.52. The highest BCUT2D eigenvalue weighted by Gasteiger charge is 2.14. The molecular formula is C42H44N6O2. The summed E-state index contributed by atoms with van der Waals surface area (Å²) in [6.07, 6.45) is 0. The van der Waals surface area contributed by atoms with Gasteiger partial charge in [-0.05, 0) is 100 Å². The zero-order valence-electron chi connectivity index (χ0n) is 29.1. The Morgan fingerprint density at radius 3 is 1.06 bits per heavy atom. The first-order chi connectivity index (χ1) is 24.4. The van der Waals surface area contributed by atoms with E-state index in [0.29, 0.717) is 22.5 Å². The summed E-state index contributed by atoms with van der Waals surface area (Å²) in [5.74, 6) is 1.28. The van der Waals surface area contributed by atoms with Gasteiger partial charge in [-0.2, -0.15) is 0 Å². The van der Waals surface area contributed by atoms with E-state index in [1.165, 1.54) is 0 Å². The molecule has 0 spiro atoms. The van der Waals surface area contributed by atoms with Crippen LogP contribution in [0.15, 0.2) is 143 Å². The highest BCUT2D eigenvalue weighted by atomic mass is 16.2. The molecule has 8 nitrogen and oxygen atoms in total. The van der Waals surface area contributed by atoms with Crippen LogP contribution in [0.3, 0.4) is 0 Å². The molecule has 2 N–H and O–H groups in total. The van der Waals surface area contributed by atoms with Crippen LogP contribution >= 0.6 is 0 Å². The average molecular weight is 665 g/mol. The van der Waals surface area contributed by atoms with E-state index in [4.69, 9.17) is 9.98 Å². The maximum absolute atomic E-state index is 13.0. The molecule has 0 radical (unpaired) electrons. The second kappa shape index (κ2) is 17.4. The first kappa shape index (κ1) is 35.3. The van der Waals surface area contributed by atoms with Crippen LogP contribution in [-0.2, 0) is 0 Å². The Bertz CT molecular complexity index is 1750. The van der Waals surface area contributed by atoms with E-state index in [2.05, 4.69) is 72.4 Å². The molecule has 0 fully saturated rings. The molecule has 5 aromatic rings. The van der Waals surface area contributed by atoms with E-state index in [9.17, 15) is 9.59 Å². The summed E-state index contributed by atoms with van der Waals surface area (Å²) in [6, 6.07) is 41.8. The van der Waals surface area contributed by atoms with Crippen molar-refractivity contribution in [1.29, 1.82) is 0 Å². The molecule has 254 valence electrons. The highest BCUT2D eigenvalue weighted by molar-refractivity contribution is 6.07. The number of hydrogen-bond acceptors (Lipinski definition) is 4. The van der Waals surface area contributed by atoms with Gasteiger partial charge in [0, 0.05) is 59.8 Å². The number of aliphatic imine (C=N–C) groups is 2. The first-order valence-electron chi connectivity index (χ1n) is 17.1. The van der Waals surface area contributed by atoms with Gasteiger partial charge >= 0.3 is 0 Å². The third-order valence-corrected chi connectivity index (χ3v) is 8.32. The minimum atomic E-state index is -0.267. The molecule has 0 saturated heterocycles. The van der Waals surface area contributed by atoms with Gasteiger partial charge in [0.05, 0.1) is 11.4 Å². The van der Waals surface area contributed by atoms with Gasteiger partial charge in [-0.25, -0.2) is 9.98 Å². The minimum absolute atomic E-state index is 0.267. The monoisotopic (exact) mass is 664 g/mol. The third kappa shape index (κ3) is 9.11. The number of anilines is 2. The van der Waals surface area contributed by atoms with Gasteiger partial charge in [0.15, 0.2) is 0 Å². The number of amides is 2. The lowest BCUT2D eigenvalue weighted by Crippen LogP contribution is -2.31. The van der Waals surface area contributed by atoms with Crippen molar-refractivity contribution in [3.05, 3.63) is 156 Å². The Labute approximate surface area is 295 Å². The smallest absolute Gasteiger partial charge is 0.255 e. The summed E-state index contributed by atoms with van der Waals surface area (Å²) in [5, 5.41) is 5.87. The van der Waals surface area contributed by atoms with Crippen molar-refractivity contribution in [2.45, 2.75) is 27.7 Å². The number of nitrogens with one attached hydrogen (secondary N) is 2. The third-order valence-electron chi connectivity index (χ3n) is 8.32. The Balaban J connectivity index is 1.21. The molecule has 2 amide bonds. The predicted molar refractivity (Wildman–Crippen MR) is 206 cm³/mol. The predicted octanol–water partition coefficient (Wildman–Crippen LogP) is 9.03. The number of carbonyl (C=O) groups excluding carboxylic acids is 2. The van der Waals surface area contributed by atoms with E-state index < -0.39 is 0 Å². The van der Waals surface area contributed by atoms with Gasteiger partial charge in [0.2, 0.25) is 0 Å². The van der Waals surface area contributed by atoms with E-state index >= 15 is 0 Å². The second-order valence-electron chi connectivity index (χ2n) is 11.5. The zero-order valence-corrected chi connectivity index (χ0v) is 29.1. The Morgan fingerprint density at radius 1 is 0.440 bits per heavy atom. The van der Waals surface area contributed by atoms with E-state index in [0.717, 1.165) is 60.4 Å². The van der Waals surface area contributed by atoms with Crippen LogP contribution in [0.4, 0.5) is 22.7 Å². The highest BCUT2D eigenvalue weighted by Crippen LogP contribution is 2.22. The molecule has 0 aromatic heterocycles. The largest absolute Gasteiger partial charge is 0.357 e. The van der Waals surface area contributed by atoms with Crippen LogP contribution in [0, 0.1) is 0 Å². The Hall–Kier alpha value is -6.02. The van der Waals surface area contributed by atoms with Crippen molar-refractivity contribution in [3.63, 3.8) is 0 Å². The molecule has 0 aliphatic heterocycles. The Morgan fingerprint density at radius 2 is 0.760 bits per heavy atom. The number of carbonyl (C=O) groups is 2. The lowest BCUT2D eigenvalue weighted by molar-refractivity contribution is 0.101. The summed E-state index contributed by atoms with van der Waals surface area (Å²) in [4.78, 5) is 40.3. The number of rotatable bonds is 12. The molecule has 0 atom stereocenters. The van der Waals surface area contributed by atoms with Gasteiger partial charge < -0.3 is 20.4 Å². The molecule has 5 aromatic carbocycles. The lowest BCUT2D eigenvalue weighted by atomic mass is 10.1. The summed E-state index contributed by atoms with van der Waals surface area (Å²) in [5.41, 5.74) is 5.89. The van der Waals surface area contributed by atoms with Crippen molar-refractivity contribution in [3.8, 4) is 0 Å². The van der Waals surface area contributed by atoms with Crippen molar-refractivity contribution in [2.24, 2.45) is 9.98 Å². The van der Waals surface area contributed by atoms with Crippen LogP contribution in [0.5, 0.6) is 0 Å². The van der Waals surface area contributed by atoms with Crippen molar-refractivity contribution in [2.75, 3.05) is 36.8 Å². The standard InChI is InChI=1S/C42H44N6O2/c1-5-47(6-2)39(31-15-11-9-12-16-31)43-35-23-27-37(28-24-35)45-41(49)33-19-21-34(22-20-33)42(50)46-38-29-25-36(26-30-38)44-40(48(7-3)8-4)32-17-13-10-14-18-32/h9-30H,5-8H2,1-4H3,(H,45,49)(H,46,50). The molecule has 0 heterocycles. The van der Waals surface area contributed by atoms with Gasteiger partial charge in [0.25, 0.3) is 11.8 Å². The maximum Gasteiger partial charge on any atom is 0.255 e.